The standard InChI is InChI=1S/C12H11FN2O2S/c13-11-8-9(6-7-12(11)14)15-18(16,17)10-4-2-1-3-5-10/h1-8,15H,14H2. The highest BCUT2D eigenvalue weighted by Gasteiger charge is 2.13. The maximum absolute atomic E-state index is 13.2. The lowest BCUT2D eigenvalue weighted by molar-refractivity contribution is 0.601. The Morgan fingerprint density at radius 1 is 1.06 bits per heavy atom. The van der Waals surface area contributed by atoms with E-state index in [0.29, 0.717) is 0 Å². The van der Waals surface area contributed by atoms with Crippen molar-refractivity contribution in [3.63, 3.8) is 0 Å². The number of nitrogens with two attached hydrogens (primary N) is 1. The van der Waals surface area contributed by atoms with Gasteiger partial charge in [0.15, 0.2) is 0 Å². The van der Waals surface area contributed by atoms with E-state index in [2.05, 4.69) is 4.72 Å². The highest BCUT2D eigenvalue weighted by atomic mass is 32.2. The van der Waals surface area contributed by atoms with Crippen LogP contribution < -0.4 is 10.5 Å². The minimum absolute atomic E-state index is 0.0299. The van der Waals surface area contributed by atoms with E-state index in [1.54, 1.807) is 18.2 Å². The first-order chi connectivity index (χ1) is 8.49. The molecule has 2 aromatic rings. The molecule has 2 rings (SSSR count). The Bertz CT molecular complexity index is 657. The topological polar surface area (TPSA) is 72.2 Å². The van der Waals surface area contributed by atoms with Crippen molar-refractivity contribution in [2.45, 2.75) is 4.90 Å². The summed E-state index contributed by atoms with van der Waals surface area (Å²) in [4.78, 5) is 0.113. The molecule has 0 unspecified atom stereocenters. The van der Waals surface area contributed by atoms with Gasteiger partial charge in [-0.2, -0.15) is 0 Å². The van der Waals surface area contributed by atoms with E-state index in [0.717, 1.165) is 6.07 Å². The lowest BCUT2D eigenvalue weighted by Crippen LogP contribution is -2.13. The second kappa shape index (κ2) is 4.66. The summed E-state index contributed by atoms with van der Waals surface area (Å²) in [5.41, 5.74) is 5.41. The fourth-order valence-electron chi connectivity index (χ4n) is 1.40. The quantitative estimate of drug-likeness (QED) is 0.837. The van der Waals surface area contributed by atoms with Crippen LogP contribution in [0, 0.1) is 5.82 Å². The second-order valence-electron chi connectivity index (χ2n) is 3.65. The molecule has 2 aromatic carbocycles. The normalized spacial score (nSPS) is 11.2. The van der Waals surface area contributed by atoms with Crippen molar-refractivity contribution < 1.29 is 12.8 Å². The average Bonchev–Trinajstić information content (AvgIpc) is 2.35. The molecule has 0 bridgehead atoms. The van der Waals surface area contributed by atoms with Crippen LogP contribution in [0.2, 0.25) is 0 Å². The molecular weight excluding hydrogens is 255 g/mol. The van der Waals surface area contributed by atoms with Crippen molar-refractivity contribution in [3.8, 4) is 0 Å². The van der Waals surface area contributed by atoms with Gasteiger partial charge in [-0.15, -0.1) is 0 Å². The predicted molar refractivity (Wildman–Crippen MR) is 68.1 cm³/mol. The first-order valence-corrected chi connectivity index (χ1v) is 6.60. The number of anilines is 2. The van der Waals surface area contributed by atoms with Crippen LogP contribution in [0.4, 0.5) is 15.8 Å². The van der Waals surface area contributed by atoms with Crippen LogP contribution in [0.1, 0.15) is 0 Å². The Kier molecular flexibility index (Phi) is 3.20. The van der Waals surface area contributed by atoms with Gasteiger partial charge in [0.1, 0.15) is 5.82 Å². The number of rotatable bonds is 3. The molecule has 94 valence electrons. The molecule has 0 saturated heterocycles. The van der Waals surface area contributed by atoms with E-state index in [1.807, 2.05) is 0 Å². The summed E-state index contributed by atoms with van der Waals surface area (Å²) >= 11 is 0. The summed E-state index contributed by atoms with van der Waals surface area (Å²) in [5.74, 6) is -0.664. The van der Waals surface area contributed by atoms with E-state index in [9.17, 15) is 12.8 Å². The number of hydrogen-bond donors (Lipinski definition) is 2. The fourth-order valence-corrected chi connectivity index (χ4v) is 2.47. The number of halogens is 1. The van der Waals surface area contributed by atoms with Gasteiger partial charge in [0.25, 0.3) is 10.0 Å². The molecule has 0 saturated carbocycles. The molecule has 4 nitrogen and oxygen atoms in total. The van der Waals surface area contributed by atoms with E-state index >= 15 is 0 Å². The lowest BCUT2D eigenvalue weighted by atomic mass is 10.3. The van der Waals surface area contributed by atoms with Gasteiger partial charge in [0.05, 0.1) is 16.3 Å². The Hall–Kier alpha value is -2.08. The third-order valence-electron chi connectivity index (χ3n) is 2.31. The first kappa shape index (κ1) is 12.4. The van der Waals surface area contributed by atoms with Crippen molar-refractivity contribution in [1.29, 1.82) is 0 Å². The molecule has 0 aliphatic heterocycles. The summed E-state index contributed by atoms with van der Waals surface area (Å²) in [6, 6.07) is 11.6. The van der Waals surface area contributed by atoms with Crippen molar-refractivity contribution in [1.82, 2.24) is 0 Å². The van der Waals surface area contributed by atoms with Crippen molar-refractivity contribution in [2.24, 2.45) is 0 Å². The van der Waals surface area contributed by atoms with Crippen LogP contribution in [-0.2, 0) is 10.0 Å². The Morgan fingerprint density at radius 3 is 2.33 bits per heavy atom. The van der Waals surface area contributed by atoms with Crippen molar-refractivity contribution in [3.05, 3.63) is 54.3 Å². The highest BCUT2D eigenvalue weighted by molar-refractivity contribution is 7.92. The number of hydrogen-bond acceptors (Lipinski definition) is 3. The van der Waals surface area contributed by atoms with Gasteiger partial charge in [-0.25, -0.2) is 12.8 Å². The smallest absolute Gasteiger partial charge is 0.261 e. The van der Waals surface area contributed by atoms with Crippen LogP contribution >= 0.6 is 0 Å². The number of nitrogens with one attached hydrogen (secondary N) is 1. The largest absolute Gasteiger partial charge is 0.396 e. The molecule has 6 heteroatoms. The molecule has 0 atom stereocenters. The molecule has 3 N–H and O–H groups in total. The van der Waals surface area contributed by atoms with Gasteiger partial charge in [0, 0.05) is 6.07 Å². The molecule has 0 aliphatic rings. The summed E-state index contributed by atoms with van der Waals surface area (Å²) in [6.45, 7) is 0. The van der Waals surface area contributed by atoms with E-state index in [1.165, 1.54) is 24.3 Å². The molecule has 0 aliphatic carbocycles. The molecule has 0 radical (unpaired) electrons. The summed E-state index contributed by atoms with van der Waals surface area (Å²) in [7, 11) is -3.70. The van der Waals surface area contributed by atoms with Gasteiger partial charge in [-0.05, 0) is 24.3 Å². The van der Waals surface area contributed by atoms with E-state index < -0.39 is 15.8 Å². The maximum Gasteiger partial charge on any atom is 0.261 e. The SMILES string of the molecule is Nc1ccc(NS(=O)(=O)c2ccccc2)cc1F. The molecule has 18 heavy (non-hydrogen) atoms. The second-order valence-corrected chi connectivity index (χ2v) is 5.34. The van der Waals surface area contributed by atoms with Crippen LogP contribution in [0.15, 0.2) is 53.4 Å². The zero-order valence-corrected chi connectivity index (χ0v) is 10.1. The number of sulfonamides is 1. The first-order valence-electron chi connectivity index (χ1n) is 5.12. The fraction of sp³-hybridized carbons (Fsp3) is 0. The summed E-state index contributed by atoms with van der Waals surface area (Å²) in [6.07, 6.45) is 0. The predicted octanol–water partition coefficient (Wildman–Crippen LogP) is 2.21. The third kappa shape index (κ3) is 2.60. The van der Waals surface area contributed by atoms with E-state index in [4.69, 9.17) is 5.73 Å². The third-order valence-corrected chi connectivity index (χ3v) is 3.70. The zero-order chi connectivity index (χ0) is 13.2. The lowest BCUT2D eigenvalue weighted by Gasteiger charge is -2.08. The van der Waals surface area contributed by atoms with Gasteiger partial charge in [-0.3, -0.25) is 4.72 Å². The van der Waals surface area contributed by atoms with E-state index in [-0.39, 0.29) is 16.3 Å². The Balaban J connectivity index is 2.31. The average molecular weight is 266 g/mol. The number of nitrogen functional groups attached to an aromatic ring is 1. The molecular formula is C12H11FN2O2S. The molecule has 0 amide bonds. The molecule has 0 heterocycles. The van der Waals surface area contributed by atoms with Gasteiger partial charge in [0.2, 0.25) is 0 Å². The maximum atomic E-state index is 13.2. The summed E-state index contributed by atoms with van der Waals surface area (Å²) < 4.78 is 39.3. The monoisotopic (exact) mass is 266 g/mol. The Labute approximate surface area is 104 Å². The van der Waals surface area contributed by atoms with Crippen LogP contribution in [0.5, 0.6) is 0 Å². The van der Waals surface area contributed by atoms with Crippen molar-refractivity contribution in [2.75, 3.05) is 10.5 Å². The van der Waals surface area contributed by atoms with Gasteiger partial charge in [-0.1, -0.05) is 18.2 Å². The minimum atomic E-state index is -3.70. The van der Waals surface area contributed by atoms with Gasteiger partial charge >= 0.3 is 0 Å². The van der Waals surface area contributed by atoms with Crippen LogP contribution in [0.3, 0.4) is 0 Å². The van der Waals surface area contributed by atoms with Crippen molar-refractivity contribution >= 4 is 21.4 Å². The van der Waals surface area contributed by atoms with Gasteiger partial charge < -0.3 is 5.73 Å². The van der Waals surface area contributed by atoms with Crippen LogP contribution in [0.25, 0.3) is 0 Å². The number of benzene rings is 2. The summed E-state index contributed by atoms with van der Waals surface area (Å²) in [5, 5.41) is 0. The molecule has 0 fully saturated rings. The zero-order valence-electron chi connectivity index (χ0n) is 9.30. The van der Waals surface area contributed by atoms with Crippen LogP contribution in [-0.4, -0.2) is 8.42 Å². The highest BCUT2D eigenvalue weighted by Crippen LogP contribution is 2.19. The Morgan fingerprint density at radius 2 is 1.72 bits per heavy atom. The molecule has 0 aromatic heterocycles. The molecule has 0 spiro atoms. The minimum Gasteiger partial charge on any atom is -0.396 e.